The average molecular weight is 457 g/mol. The zero-order valence-corrected chi connectivity index (χ0v) is 19.6. The predicted octanol–water partition coefficient (Wildman–Crippen LogP) is 4.42. The maximum Gasteiger partial charge on any atom is 0.295 e. The third kappa shape index (κ3) is 4.66. The number of hydrogen-bond donors (Lipinski definition) is 1. The van der Waals surface area contributed by atoms with Crippen LogP contribution < -0.4 is 4.74 Å². The Morgan fingerprint density at radius 1 is 1.12 bits per heavy atom. The second kappa shape index (κ2) is 10.2. The molecular formula is C25H29ClN2O4. The number of rotatable bonds is 8. The fourth-order valence-corrected chi connectivity index (χ4v) is 4.20. The van der Waals surface area contributed by atoms with Gasteiger partial charge in [-0.05, 0) is 61.5 Å². The number of ketones is 1. The Bertz CT molecular complexity index is 1030. The number of likely N-dealkylation sites (N-methyl/N-ethyl adjacent to an activating group) is 1. The van der Waals surface area contributed by atoms with E-state index in [1.165, 1.54) is 0 Å². The number of benzene rings is 2. The fraction of sp³-hybridized carbons (Fsp3) is 0.360. The number of ether oxygens (including phenoxy) is 1. The first kappa shape index (κ1) is 23.8. The first-order valence-electron chi connectivity index (χ1n) is 10.7. The van der Waals surface area contributed by atoms with Crippen LogP contribution in [0.25, 0.3) is 5.76 Å². The van der Waals surface area contributed by atoms with Crippen LogP contribution in [0.3, 0.4) is 0 Å². The normalized spacial score (nSPS) is 17.9. The van der Waals surface area contributed by atoms with E-state index in [2.05, 4.69) is 18.7 Å². The third-order valence-electron chi connectivity index (χ3n) is 5.95. The summed E-state index contributed by atoms with van der Waals surface area (Å²) in [6, 6.07) is 11.5. The maximum absolute atomic E-state index is 13.1. The van der Waals surface area contributed by atoms with Crippen molar-refractivity contribution in [3.8, 4) is 5.75 Å². The number of halogens is 1. The minimum Gasteiger partial charge on any atom is -0.507 e. The van der Waals surface area contributed by atoms with Gasteiger partial charge in [0.2, 0.25) is 0 Å². The highest BCUT2D eigenvalue weighted by molar-refractivity contribution is 6.46. The lowest BCUT2D eigenvalue weighted by Gasteiger charge is -2.28. The number of carbonyl (C=O) groups excluding carboxylic acids is 2. The summed E-state index contributed by atoms with van der Waals surface area (Å²) in [6.45, 7) is 8.66. The van der Waals surface area contributed by atoms with Crippen molar-refractivity contribution in [2.75, 3.05) is 33.3 Å². The van der Waals surface area contributed by atoms with Gasteiger partial charge >= 0.3 is 0 Å². The van der Waals surface area contributed by atoms with Gasteiger partial charge in [0.1, 0.15) is 11.5 Å². The van der Waals surface area contributed by atoms with Gasteiger partial charge in [0.05, 0.1) is 18.7 Å². The summed E-state index contributed by atoms with van der Waals surface area (Å²) in [5.41, 5.74) is 2.08. The van der Waals surface area contributed by atoms with E-state index in [0.29, 0.717) is 29.4 Å². The van der Waals surface area contributed by atoms with E-state index in [4.69, 9.17) is 16.3 Å². The van der Waals surface area contributed by atoms with Gasteiger partial charge in [0.15, 0.2) is 0 Å². The van der Waals surface area contributed by atoms with Crippen LogP contribution in [0.15, 0.2) is 48.0 Å². The van der Waals surface area contributed by atoms with Crippen LogP contribution in [-0.2, 0) is 9.59 Å². The Morgan fingerprint density at radius 2 is 1.78 bits per heavy atom. The molecule has 1 amide bonds. The highest BCUT2D eigenvalue weighted by Crippen LogP contribution is 2.40. The van der Waals surface area contributed by atoms with Crippen LogP contribution >= 0.6 is 11.6 Å². The number of Topliss-reactive ketones (excluding diaryl/α,β-unsaturated/α-hetero) is 1. The monoisotopic (exact) mass is 456 g/mol. The van der Waals surface area contributed by atoms with Crippen molar-refractivity contribution in [2.24, 2.45) is 0 Å². The minimum atomic E-state index is -0.690. The molecule has 1 aliphatic heterocycles. The molecule has 0 aliphatic carbocycles. The number of carbonyl (C=O) groups is 2. The van der Waals surface area contributed by atoms with Gasteiger partial charge in [-0.25, -0.2) is 0 Å². The minimum absolute atomic E-state index is 0.0847. The number of methoxy groups -OCH3 is 1. The Morgan fingerprint density at radius 3 is 2.34 bits per heavy atom. The highest BCUT2D eigenvalue weighted by atomic mass is 35.5. The van der Waals surface area contributed by atoms with Crippen molar-refractivity contribution in [3.05, 3.63) is 69.8 Å². The van der Waals surface area contributed by atoms with Crippen LogP contribution in [0.1, 0.15) is 36.6 Å². The second-order valence-corrected chi connectivity index (χ2v) is 8.19. The SMILES string of the molecule is CCN(CC)CCN1C(=O)C(=O)/C(=C(/O)c2ccc(OC)c(C)c2)[C@@H]1c1ccc(Cl)cc1. The van der Waals surface area contributed by atoms with Crippen molar-refractivity contribution in [3.63, 3.8) is 0 Å². The first-order chi connectivity index (χ1) is 15.3. The number of nitrogens with zero attached hydrogens (tertiary/aromatic N) is 2. The smallest absolute Gasteiger partial charge is 0.295 e. The van der Waals surface area contributed by atoms with E-state index >= 15 is 0 Å². The largest absolute Gasteiger partial charge is 0.507 e. The number of aryl methyl sites for hydroxylation is 1. The van der Waals surface area contributed by atoms with E-state index in [-0.39, 0.29) is 11.3 Å². The molecule has 0 unspecified atom stereocenters. The molecule has 3 rings (SSSR count). The van der Waals surface area contributed by atoms with Crippen molar-refractivity contribution in [1.82, 2.24) is 9.80 Å². The molecule has 0 spiro atoms. The van der Waals surface area contributed by atoms with Gasteiger partial charge < -0.3 is 19.6 Å². The molecule has 0 bridgehead atoms. The van der Waals surface area contributed by atoms with E-state index < -0.39 is 17.7 Å². The molecule has 0 aromatic heterocycles. The zero-order valence-electron chi connectivity index (χ0n) is 18.9. The van der Waals surface area contributed by atoms with Crippen molar-refractivity contribution in [2.45, 2.75) is 26.8 Å². The summed E-state index contributed by atoms with van der Waals surface area (Å²) in [7, 11) is 1.57. The lowest BCUT2D eigenvalue weighted by molar-refractivity contribution is -0.140. The Balaban J connectivity index is 2.10. The van der Waals surface area contributed by atoms with Crippen LogP contribution in [0.2, 0.25) is 5.02 Å². The zero-order chi connectivity index (χ0) is 23.4. The second-order valence-electron chi connectivity index (χ2n) is 7.76. The molecule has 1 heterocycles. The van der Waals surface area contributed by atoms with Crippen LogP contribution in [0.4, 0.5) is 0 Å². The van der Waals surface area contributed by atoms with Crippen molar-refractivity contribution in [1.29, 1.82) is 0 Å². The molecular weight excluding hydrogens is 428 g/mol. The molecule has 0 saturated carbocycles. The number of hydrogen-bond acceptors (Lipinski definition) is 5. The molecule has 1 fully saturated rings. The quantitative estimate of drug-likeness (QED) is 0.361. The van der Waals surface area contributed by atoms with Gasteiger partial charge in [-0.3, -0.25) is 9.59 Å². The molecule has 2 aromatic rings. The summed E-state index contributed by atoms with van der Waals surface area (Å²) in [5.74, 6) is -0.811. The standard InChI is InChI=1S/C25H29ClN2O4/c1-5-27(6-2)13-14-28-22(17-7-10-19(26)11-8-17)21(24(30)25(28)31)23(29)18-9-12-20(32-4)16(3)15-18/h7-12,15,22,29H,5-6,13-14H2,1-4H3/b23-21+/t22-/m0/s1. The molecule has 2 aromatic carbocycles. The maximum atomic E-state index is 13.1. The van der Waals surface area contributed by atoms with Gasteiger partial charge in [-0.1, -0.05) is 37.6 Å². The Kier molecular flexibility index (Phi) is 7.59. The van der Waals surface area contributed by atoms with Crippen LogP contribution in [0, 0.1) is 6.92 Å². The van der Waals surface area contributed by atoms with Gasteiger partial charge in [-0.2, -0.15) is 0 Å². The number of aliphatic hydroxyl groups is 1. The molecule has 170 valence electrons. The van der Waals surface area contributed by atoms with Gasteiger partial charge in [0, 0.05) is 23.7 Å². The lowest BCUT2D eigenvalue weighted by atomic mass is 9.95. The van der Waals surface area contributed by atoms with Crippen LogP contribution in [0.5, 0.6) is 5.75 Å². The summed E-state index contributed by atoms with van der Waals surface area (Å²) in [5, 5.41) is 11.7. The molecule has 32 heavy (non-hydrogen) atoms. The number of likely N-dealkylation sites (tertiary alicyclic amines) is 1. The van der Waals surface area contributed by atoms with E-state index in [0.717, 1.165) is 24.2 Å². The molecule has 0 radical (unpaired) electrons. The van der Waals surface area contributed by atoms with E-state index in [1.807, 2.05) is 6.92 Å². The highest BCUT2D eigenvalue weighted by Gasteiger charge is 2.45. The average Bonchev–Trinajstić information content (AvgIpc) is 3.04. The Labute approximate surface area is 194 Å². The number of amides is 1. The summed E-state index contributed by atoms with van der Waals surface area (Å²) < 4.78 is 5.29. The van der Waals surface area contributed by atoms with Crippen LogP contribution in [-0.4, -0.2) is 59.9 Å². The molecule has 7 heteroatoms. The molecule has 1 N–H and O–H groups in total. The van der Waals surface area contributed by atoms with Crippen molar-refractivity contribution < 1.29 is 19.4 Å². The summed E-state index contributed by atoms with van der Waals surface area (Å²) in [4.78, 5) is 29.9. The van der Waals surface area contributed by atoms with E-state index in [9.17, 15) is 14.7 Å². The van der Waals surface area contributed by atoms with Gasteiger partial charge in [-0.15, -0.1) is 0 Å². The topological polar surface area (TPSA) is 70.1 Å². The first-order valence-corrected chi connectivity index (χ1v) is 11.1. The fourth-order valence-electron chi connectivity index (χ4n) is 4.07. The van der Waals surface area contributed by atoms with Crippen molar-refractivity contribution >= 4 is 29.1 Å². The summed E-state index contributed by atoms with van der Waals surface area (Å²) in [6.07, 6.45) is 0. The van der Waals surface area contributed by atoms with Gasteiger partial charge in [0.25, 0.3) is 11.7 Å². The third-order valence-corrected chi connectivity index (χ3v) is 6.20. The Hall–Kier alpha value is -2.83. The molecule has 1 aliphatic rings. The molecule has 1 atom stereocenters. The number of aliphatic hydroxyl groups excluding tert-OH is 1. The van der Waals surface area contributed by atoms with E-state index in [1.54, 1.807) is 54.5 Å². The lowest BCUT2D eigenvalue weighted by Crippen LogP contribution is -2.38. The molecule has 1 saturated heterocycles. The molecule has 6 nitrogen and oxygen atoms in total. The predicted molar refractivity (Wildman–Crippen MR) is 126 cm³/mol. The summed E-state index contributed by atoms with van der Waals surface area (Å²) >= 11 is 6.07.